The average Bonchev–Trinajstić information content (AvgIpc) is 2.77. The van der Waals surface area contributed by atoms with Gasteiger partial charge in [0.05, 0.1) is 18.2 Å². The van der Waals surface area contributed by atoms with Crippen molar-refractivity contribution in [2.45, 2.75) is 25.4 Å². The third-order valence-corrected chi connectivity index (χ3v) is 4.22. The number of hydrogen-bond acceptors (Lipinski definition) is 6. The van der Waals surface area contributed by atoms with Crippen LogP contribution in [0.3, 0.4) is 0 Å². The highest BCUT2D eigenvalue weighted by Crippen LogP contribution is 2.26. The number of anilines is 1. The van der Waals surface area contributed by atoms with Gasteiger partial charge in [-0.15, -0.1) is 0 Å². The fraction of sp³-hybridized carbons (Fsp3) is 0.261. The predicted octanol–water partition coefficient (Wildman–Crippen LogP) is 4.03. The first-order valence-electron chi connectivity index (χ1n) is 9.72. The van der Waals surface area contributed by atoms with Gasteiger partial charge in [0.1, 0.15) is 18.5 Å². The molecular weight excluding hydrogens is 400 g/mol. The molecule has 0 aliphatic heterocycles. The number of carboxylic acids is 1. The Hall–Kier alpha value is -3.83. The summed E-state index contributed by atoms with van der Waals surface area (Å²) < 4.78 is 11.0. The van der Waals surface area contributed by atoms with Gasteiger partial charge in [-0.05, 0) is 61.2 Å². The van der Waals surface area contributed by atoms with Crippen LogP contribution in [0.2, 0.25) is 0 Å². The smallest absolute Gasteiger partial charge is 0.412 e. The molecule has 0 aliphatic carbocycles. The largest absolute Gasteiger partial charge is 0.491 e. The van der Waals surface area contributed by atoms with E-state index in [4.69, 9.17) is 24.9 Å². The Labute approximate surface area is 180 Å². The number of aliphatic hydroxyl groups is 1. The minimum atomic E-state index is -1.01. The monoisotopic (exact) mass is 424 g/mol. The Morgan fingerprint density at radius 3 is 2.45 bits per heavy atom. The van der Waals surface area contributed by atoms with E-state index >= 15 is 0 Å². The minimum absolute atomic E-state index is 0.0904. The van der Waals surface area contributed by atoms with Crippen molar-refractivity contribution in [3.05, 3.63) is 71.8 Å². The number of aliphatic carboxylic acids is 1. The first-order chi connectivity index (χ1) is 15.0. The maximum Gasteiger partial charge on any atom is 0.412 e. The fourth-order valence-corrected chi connectivity index (χ4v) is 2.75. The number of ether oxygens (including phenoxy) is 2. The molecule has 2 rings (SSSR count). The number of aliphatic hydroxyl groups excluding tert-OH is 1. The van der Waals surface area contributed by atoms with Crippen LogP contribution in [0.1, 0.15) is 36.5 Å². The van der Waals surface area contributed by atoms with Crippen molar-refractivity contribution in [2.24, 2.45) is 0 Å². The highest BCUT2D eigenvalue weighted by atomic mass is 16.6. The van der Waals surface area contributed by atoms with Crippen LogP contribution in [-0.4, -0.2) is 35.5 Å². The van der Waals surface area contributed by atoms with Gasteiger partial charge in [-0.25, -0.2) is 9.59 Å². The van der Waals surface area contributed by atoms with Crippen molar-refractivity contribution in [3.63, 3.8) is 0 Å². The van der Waals surface area contributed by atoms with Gasteiger partial charge in [0, 0.05) is 11.8 Å². The molecule has 3 N–H and O–H groups in total. The number of allylic oxidation sites excluding steroid dienone is 1. The van der Waals surface area contributed by atoms with Gasteiger partial charge in [-0.3, -0.25) is 5.32 Å². The number of nitriles is 1. The van der Waals surface area contributed by atoms with Gasteiger partial charge in [0.2, 0.25) is 0 Å². The van der Waals surface area contributed by atoms with Crippen LogP contribution in [0, 0.1) is 11.3 Å². The molecule has 0 radical (unpaired) electrons. The van der Waals surface area contributed by atoms with Crippen molar-refractivity contribution in [1.29, 1.82) is 5.26 Å². The lowest BCUT2D eigenvalue weighted by atomic mass is 10.0. The molecule has 1 atom stereocenters. The molecule has 0 bridgehead atoms. The number of rotatable bonds is 11. The molecule has 0 aliphatic rings. The van der Waals surface area contributed by atoms with Crippen molar-refractivity contribution < 1.29 is 29.3 Å². The summed E-state index contributed by atoms with van der Waals surface area (Å²) in [5.41, 5.74) is 1.74. The molecule has 0 saturated carbocycles. The zero-order valence-electron chi connectivity index (χ0n) is 16.9. The van der Waals surface area contributed by atoms with Crippen molar-refractivity contribution in [2.75, 3.05) is 18.5 Å². The summed E-state index contributed by atoms with van der Waals surface area (Å²) in [5, 5.41) is 29.0. The lowest BCUT2D eigenvalue weighted by Crippen LogP contribution is -2.17. The van der Waals surface area contributed by atoms with E-state index < -0.39 is 18.2 Å². The van der Waals surface area contributed by atoms with Crippen LogP contribution in [-0.2, 0) is 9.53 Å². The molecule has 0 heterocycles. The van der Waals surface area contributed by atoms with Gasteiger partial charge in [-0.2, -0.15) is 5.26 Å². The number of nitrogens with one attached hydrogen (secondary N) is 1. The van der Waals surface area contributed by atoms with E-state index in [1.165, 1.54) is 0 Å². The predicted molar refractivity (Wildman–Crippen MR) is 114 cm³/mol. The summed E-state index contributed by atoms with van der Waals surface area (Å²) in [6, 6.07) is 15.4. The Morgan fingerprint density at radius 1 is 1.13 bits per heavy atom. The molecule has 8 heteroatoms. The van der Waals surface area contributed by atoms with E-state index in [1.54, 1.807) is 54.6 Å². The van der Waals surface area contributed by atoms with Crippen molar-refractivity contribution in [3.8, 4) is 11.8 Å². The Kier molecular flexibility index (Phi) is 9.59. The SMILES string of the molecule is N#Cc1ccc(NC(=O)O[C@@H](CCC/C=C/C(=O)O)c2ccc(OCCO)cc2)cc1. The molecule has 162 valence electrons. The van der Waals surface area contributed by atoms with E-state index in [9.17, 15) is 9.59 Å². The number of carbonyl (C=O) groups is 2. The number of carbonyl (C=O) groups excluding carboxylic acids is 1. The second-order valence-corrected chi connectivity index (χ2v) is 6.52. The quantitative estimate of drug-likeness (QED) is 0.367. The second-order valence-electron chi connectivity index (χ2n) is 6.52. The third-order valence-electron chi connectivity index (χ3n) is 4.22. The van der Waals surface area contributed by atoms with Crippen LogP contribution in [0.25, 0.3) is 0 Å². The molecule has 8 nitrogen and oxygen atoms in total. The lowest BCUT2D eigenvalue weighted by molar-refractivity contribution is -0.131. The Bertz CT molecular complexity index is 917. The molecule has 0 aromatic heterocycles. The number of hydrogen-bond donors (Lipinski definition) is 3. The third kappa shape index (κ3) is 8.60. The van der Waals surface area contributed by atoms with Gasteiger partial charge in [-0.1, -0.05) is 18.2 Å². The number of amides is 1. The van der Waals surface area contributed by atoms with Crippen LogP contribution < -0.4 is 10.1 Å². The topological polar surface area (TPSA) is 129 Å². The first-order valence-corrected chi connectivity index (χ1v) is 9.72. The van der Waals surface area contributed by atoms with E-state index in [2.05, 4.69) is 5.32 Å². The average molecular weight is 424 g/mol. The summed E-state index contributed by atoms with van der Waals surface area (Å²) in [5.74, 6) is -0.420. The number of nitrogens with zero attached hydrogens (tertiary/aromatic N) is 1. The fourth-order valence-electron chi connectivity index (χ4n) is 2.75. The van der Waals surface area contributed by atoms with E-state index in [-0.39, 0.29) is 13.2 Å². The van der Waals surface area contributed by atoms with Gasteiger partial charge < -0.3 is 19.7 Å². The summed E-state index contributed by atoms with van der Waals surface area (Å²) in [6.45, 7) is 0.0923. The second kappa shape index (κ2) is 12.7. The Morgan fingerprint density at radius 2 is 1.84 bits per heavy atom. The standard InChI is InChI=1S/C23H24N2O6/c24-16-17-6-10-19(11-7-17)25-23(29)31-21(4-2-1-3-5-22(27)28)18-8-12-20(13-9-18)30-15-14-26/h3,5-13,21,26H,1-2,4,14-15H2,(H,25,29)(H,27,28)/b5-3+/t21-/m0/s1. The summed E-state index contributed by atoms with van der Waals surface area (Å²) in [7, 11) is 0. The number of unbranched alkanes of at least 4 members (excludes halogenated alkanes) is 1. The molecule has 2 aromatic rings. The molecule has 2 aromatic carbocycles. The molecule has 0 unspecified atom stereocenters. The van der Waals surface area contributed by atoms with Crippen LogP contribution >= 0.6 is 0 Å². The van der Waals surface area contributed by atoms with Gasteiger partial charge in [0.15, 0.2) is 0 Å². The number of benzene rings is 2. The van der Waals surface area contributed by atoms with E-state index in [0.29, 0.717) is 36.3 Å². The van der Waals surface area contributed by atoms with Crippen molar-refractivity contribution in [1.82, 2.24) is 0 Å². The highest BCUT2D eigenvalue weighted by Gasteiger charge is 2.17. The maximum atomic E-state index is 12.4. The zero-order chi connectivity index (χ0) is 22.5. The van der Waals surface area contributed by atoms with E-state index in [0.717, 1.165) is 11.6 Å². The van der Waals surface area contributed by atoms with Crippen LogP contribution in [0.4, 0.5) is 10.5 Å². The zero-order valence-corrected chi connectivity index (χ0v) is 16.9. The normalized spacial score (nSPS) is 11.5. The van der Waals surface area contributed by atoms with Crippen LogP contribution in [0.5, 0.6) is 5.75 Å². The molecule has 31 heavy (non-hydrogen) atoms. The lowest BCUT2D eigenvalue weighted by Gasteiger charge is -2.19. The molecule has 0 spiro atoms. The maximum absolute atomic E-state index is 12.4. The summed E-state index contributed by atoms with van der Waals surface area (Å²) >= 11 is 0. The Balaban J connectivity index is 2.03. The van der Waals surface area contributed by atoms with Gasteiger partial charge >= 0.3 is 12.1 Å². The summed E-state index contributed by atoms with van der Waals surface area (Å²) in [4.78, 5) is 23.0. The molecular formula is C23H24N2O6. The first kappa shape index (κ1) is 23.4. The molecule has 0 fully saturated rings. The van der Waals surface area contributed by atoms with Gasteiger partial charge in [0.25, 0.3) is 0 Å². The molecule has 0 saturated heterocycles. The minimum Gasteiger partial charge on any atom is -0.491 e. The highest BCUT2D eigenvalue weighted by molar-refractivity contribution is 5.84. The number of carboxylic acid groups (broad SMARTS) is 1. The van der Waals surface area contributed by atoms with Crippen molar-refractivity contribution >= 4 is 17.7 Å². The molecule has 1 amide bonds. The van der Waals surface area contributed by atoms with Crippen LogP contribution in [0.15, 0.2) is 60.7 Å². The summed E-state index contributed by atoms with van der Waals surface area (Å²) in [6.07, 6.45) is 3.08. The van der Waals surface area contributed by atoms with E-state index in [1.807, 2.05) is 6.07 Å².